The SMILES string of the molecule is CCCCC(CC)(CNCCOC)CC(C)CCC. The van der Waals surface area contributed by atoms with Gasteiger partial charge in [0.25, 0.3) is 0 Å². The summed E-state index contributed by atoms with van der Waals surface area (Å²) in [6.45, 7) is 12.3. The van der Waals surface area contributed by atoms with Crippen molar-refractivity contribution in [3.63, 3.8) is 0 Å². The zero-order chi connectivity index (χ0) is 14.6. The van der Waals surface area contributed by atoms with Crippen LogP contribution in [-0.4, -0.2) is 26.8 Å². The molecule has 1 N–H and O–H groups in total. The van der Waals surface area contributed by atoms with E-state index in [2.05, 4.69) is 33.0 Å². The zero-order valence-corrected chi connectivity index (χ0v) is 14.1. The van der Waals surface area contributed by atoms with Crippen molar-refractivity contribution in [2.45, 2.75) is 72.6 Å². The van der Waals surface area contributed by atoms with E-state index in [-0.39, 0.29) is 0 Å². The van der Waals surface area contributed by atoms with Gasteiger partial charge in [-0.2, -0.15) is 0 Å². The Labute approximate surface area is 121 Å². The van der Waals surface area contributed by atoms with Crippen molar-refractivity contribution in [2.75, 3.05) is 26.8 Å². The summed E-state index contributed by atoms with van der Waals surface area (Å²) in [6.07, 6.45) is 9.38. The van der Waals surface area contributed by atoms with Gasteiger partial charge in [-0.1, -0.05) is 53.4 Å². The molecule has 0 aromatic carbocycles. The van der Waals surface area contributed by atoms with Gasteiger partial charge in [0.05, 0.1) is 6.61 Å². The summed E-state index contributed by atoms with van der Waals surface area (Å²) in [5, 5.41) is 3.61. The van der Waals surface area contributed by atoms with E-state index in [1.165, 1.54) is 44.9 Å². The van der Waals surface area contributed by atoms with Crippen molar-refractivity contribution < 1.29 is 4.74 Å². The minimum atomic E-state index is 0.498. The molecule has 0 amide bonds. The van der Waals surface area contributed by atoms with E-state index in [1.807, 2.05) is 0 Å². The van der Waals surface area contributed by atoms with Crippen molar-refractivity contribution >= 4 is 0 Å². The van der Waals surface area contributed by atoms with E-state index in [4.69, 9.17) is 4.74 Å². The smallest absolute Gasteiger partial charge is 0.0587 e. The maximum absolute atomic E-state index is 5.13. The highest BCUT2D eigenvalue weighted by molar-refractivity contribution is 4.82. The Morgan fingerprint density at radius 1 is 1.16 bits per heavy atom. The van der Waals surface area contributed by atoms with Gasteiger partial charge in [0.15, 0.2) is 0 Å². The molecule has 0 aliphatic rings. The Hall–Kier alpha value is -0.0800. The average molecular weight is 271 g/mol. The van der Waals surface area contributed by atoms with Gasteiger partial charge in [-0.3, -0.25) is 0 Å². The predicted molar refractivity (Wildman–Crippen MR) is 85.7 cm³/mol. The van der Waals surface area contributed by atoms with Gasteiger partial charge in [0, 0.05) is 20.2 Å². The molecule has 0 aromatic heterocycles. The molecule has 2 heteroatoms. The number of ether oxygens (including phenoxy) is 1. The van der Waals surface area contributed by atoms with Gasteiger partial charge >= 0.3 is 0 Å². The van der Waals surface area contributed by atoms with Gasteiger partial charge in [-0.25, -0.2) is 0 Å². The summed E-state index contributed by atoms with van der Waals surface area (Å²) >= 11 is 0. The molecule has 0 saturated carbocycles. The van der Waals surface area contributed by atoms with E-state index in [0.717, 1.165) is 25.6 Å². The number of nitrogens with one attached hydrogen (secondary N) is 1. The number of hydrogen-bond donors (Lipinski definition) is 1. The molecular formula is C17H37NO. The van der Waals surface area contributed by atoms with Crippen LogP contribution in [0.3, 0.4) is 0 Å². The Morgan fingerprint density at radius 2 is 1.89 bits per heavy atom. The monoisotopic (exact) mass is 271 g/mol. The van der Waals surface area contributed by atoms with Crippen LogP contribution in [0.15, 0.2) is 0 Å². The topological polar surface area (TPSA) is 21.3 Å². The first-order valence-corrected chi connectivity index (χ1v) is 8.33. The average Bonchev–Trinajstić information content (AvgIpc) is 2.41. The summed E-state index contributed by atoms with van der Waals surface area (Å²) in [5.41, 5.74) is 0.498. The van der Waals surface area contributed by atoms with Crippen molar-refractivity contribution in [3.8, 4) is 0 Å². The fourth-order valence-corrected chi connectivity index (χ4v) is 3.12. The molecule has 0 aromatic rings. The Bertz CT molecular complexity index is 196. The quantitative estimate of drug-likeness (QED) is 0.493. The molecule has 116 valence electrons. The lowest BCUT2D eigenvalue weighted by Gasteiger charge is -2.36. The summed E-state index contributed by atoms with van der Waals surface area (Å²) in [7, 11) is 1.77. The van der Waals surface area contributed by atoms with Gasteiger partial charge in [-0.15, -0.1) is 0 Å². The van der Waals surface area contributed by atoms with E-state index >= 15 is 0 Å². The van der Waals surface area contributed by atoms with Gasteiger partial charge in [-0.05, 0) is 30.6 Å². The van der Waals surface area contributed by atoms with Gasteiger partial charge < -0.3 is 10.1 Å². The van der Waals surface area contributed by atoms with Crippen LogP contribution in [0.1, 0.15) is 72.6 Å². The van der Waals surface area contributed by atoms with Crippen LogP contribution in [0.2, 0.25) is 0 Å². The molecule has 19 heavy (non-hydrogen) atoms. The van der Waals surface area contributed by atoms with Gasteiger partial charge in [0.2, 0.25) is 0 Å². The molecule has 0 spiro atoms. The third-order valence-corrected chi connectivity index (χ3v) is 4.36. The molecule has 0 heterocycles. The van der Waals surface area contributed by atoms with Crippen LogP contribution in [0.25, 0.3) is 0 Å². The number of methoxy groups -OCH3 is 1. The van der Waals surface area contributed by atoms with Crippen molar-refractivity contribution in [3.05, 3.63) is 0 Å². The number of unbranched alkanes of at least 4 members (excludes halogenated alkanes) is 1. The first-order valence-electron chi connectivity index (χ1n) is 8.33. The van der Waals surface area contributed by atoms with E-state index in [1.54, 1.807) is 7.11 Å². The second-order valence-corrected chi connectivity index (χ2v) is 6.22. The van der Waals surface area contributed by atoms with E-state index in [9.17, 15) is 0 Å². The van der Waals surface area contributed by atoms with Crippen molar-refractivity contribution in [1.82, 2.24) is 5.32 Å². The van der Waals surface area contributed by atoms with Crippen LogP contribution in [0.4, 0.5) is 0 Å². The number of hydrogen-bond acceptors (Lipinski definition) is 2. The van der Waals surface area contributed by atoms with Crippen LogP contribution < -0.4 is 5.32 Å². The maximum atomic E-state index is 5.13. The second kappa shape index (κ2) is 11.7. The molecule has 2 unspecified atom stereocenters. The van der Waals surface area contributed by atoms with Crippen LogP contribution in [0.5, 0.6) is 0 Å². The lowest BCUT2D eigenvalue weighted by Crippen LogP contribution is -2.37. The first-order chi connectivity index (χ1) is 9.14. The molecule has 0 rings (SSSR count). The largest absolute Gasteiger partial charge is 0.383 e. The molecule has 0 aliphatic heterocycles. The lowest BCUT2D eigenvalue weighted by molar-refractivity contribution is 0.159. The van der Waals surface area contributed by atoms with Crippen molar-refractivity contribution in [2.24, 2.45) is 11.3 Å². The highest BCUT2D eigenvalue weighted by atomic mass is 16.5. The summed E-state index contributed by atoms with van der Waals surface area (Å²) in [6, 6.07) is 0. The van der Waals surface area contributed by atoms with E-state index in [0.29, 0.717) is 5.41 Å². The highest BCUT2D eigenvalue weighted by Gasteiger charge is 2.28. The zero-order valence-electron chi connectivity index (χ0n) is 14.1. The van der Waals surface area contributed by atoms with Crippen LogP contribution >= 0.6 is 0 Å². The summed E-state index contributed by atoms with van der Waals surface area (Å²) < 4.78 is 5.13. The fraction of sp³-hybridized carbons (Fsp3) is 1.00. The van der Waals surface area contributed by atoms with Gasteiger partial charge in [0.1, 0.15) is 0 Å². The molecule has 0 fully saturated rings. The molecule has 0 aliphatic carbocycles. The predicted octanol–water partition coefficient (Wildman–Crippen LogP) is 4.64. The Balaban J connectivity index is 4.39. The van der Waals surface area contributed by atoms with E-state index < -0.39 is 0 Å². The molecule has 2 atom stereocenters. The first kappa shape index (κ1) is 18.9. The molecule has 0 bridgehead atoms. The normalized spacial score (nSPS) is 16.3. The third-order valence-electron chi connectivity index (χ3n) is 4.36. The molecule has 0 saturated heterocycles. The second-order valence-electron chi connectivity index (χ2n) is 6.22. The molecular weight excluding hydrogens is 234 g/mol. The summed E-state index contributed by atoms with van der Waals surface area (Å²) in [4.78, 5) is 0. The Morgan fingerprint density at radius 3 is 2.42 bits per heavy atom. The van der Waals surface area contributed by atoms with Crippen LogP contribution in [-0.2, 0) is 4.74 Å². The Kier molecular flexibility index (Phi) is 11.7. The summed E-state index contributed by atoms with van der Waals surface area (Å²) in [5.74, 6) is 0.853. The molecule has 2 nitrogen and oxygen atoms in total. The lowest BCUT2D eigenvalue weighted by atomic mass is 9.73. The third kappa shape index (κ3) is 8.65. The molecule has 0 radical (unpaired) electrons. The minimum absolute atomic E-state index is 0.498. The van der Waals surface area contributed by atoms with Crippen molar-refractivity contribution in [1.29, 1.82) is 0 Å². The number of rotatable bonds is 13. The fourth-order valence-electron chi connectivity index (χ4n) is 3.12. The van der Waals surface area contributed by atoms with Crippen LogP contribution in [0, 0.1) is 11.3 Å². The highest BCUT2D eigenvalue weighted by Crippen LogP contribution is 2.36. The minimum Gasteiger partial charge on any atom is -0.383 e. The maximum Gasteiger partial charge on any atom is 0.0587 e. The standard InChI is InChI=1S/C17H37NO/c1-6-9-11-17(8-3,14-16(4)10-7-2)15-18-12-13-19-5/h16,18H,6-15H2,1-5H3.